The molecular weight excluding hydrogens is 469 g/mol. The zero-order valence-electron chi connectivity index (χ0n) is 20.7. The van der Waals surface area contributed by atoms with Crippen molar-refractivity contribution >= 4 is 0 Å². The maximum atomic E-state index is 13.3. The Balaban J connectivity index is 1.21. The molecule has 190 valence electrons. The molecule has 4 heterocycles. The molecule has 0 radical (unpaired) electrons. The number of quaternary nitrogens is 1. The number of fused-ring (bicyclic) bond motifs is 3. The lowest BCUT2D eigenvalue weighted by Crippen LogP contribution is -2.63. The third-order valence-corrected chi connectivity index (χ3v) is 8.06. The summed E-state index contributed by atoms with van der Waals surface area (Å²) in [4.78, 5) is 4.75. The lowest BCUT2D eigenvalue weighted by Gasteiger charge is -2.51. The SMILES string of the molecule is OC(c1ccccc1)(c1ccccc1)c1noc(C[N+]23CCC(CC2)C(OCc2ccc(F)cc2)C3)n1. The second-order valence-electron chi connectivity index (χ2n) is 10.4. The Morgan fingerprint density at radius 3 is 2.16 bits per heavy atom. The summed E-state index contributed by atoms with van der Waals surface area (Å²) in [7, 11) is 0. The van der Waals surface area contributed by atoms with Crippen LogP contribution in [-0.2, 0) is 23.5 Å². The van der Waals surface area contributed by atoms with Gasteiger partial charge in [-0.3, -0.25) is 0 Å². The van der Waals surface area contributed by atoms with Gasteiger partial charge in [0.25, 0.3) is 5.89 Å². The number of piperidine rings is 3. The number of hydrogen-bond donors (Lipinski definition) is 1. The van der Waals surface area contributed by atoms with E-state index in [4.69, 9.17) is 14.2 Å². The summed E-state index contributed by atoms with van der Waals surface area (Å²) in [5, 5.41) is 16.3. The van der Waals surface area contributed by atoms with Gasteiger partial charge in [0, 0.05) is 18.8 Å². The zero-order valence-corrected chi connectivity index (χ0v) is 20.7. The minimum atomic E-state index is -1.51. The van der Waals surface area contributed by atoms with Gasteiger partial charge in [0.05, 0.1) is 19.7 Å². The lowest BCUT2D eigenvalue weighted by molar-refractivity contribution is -0.959. The second-order valence-corrected chi connectivity index (χ2v) is 10.4. The van der Waals surface area contributed by atoms with Gasteiger partial charge in [0.2, 0.25) is 5.82 Å². The van der Waals surface area contributed by atoms with E-state index in [2.05, 4.69) is 5.16 Å². The van der Waals surface area contributed by atoms with Crippen molar-refractivity contribution in [1.82, 2.24) is 10.1 Å². The molecule has 1 unspecified atom stereocenters. The lowest BCUT2D eigenvalue weighted by atomic mass is 9.83. The molecule has 3 fully saturated rings. The number of nitrogens with zero attached hydrogens (tertiary/aromatic N) is 3. The highest BCUT2D eigenvalue weighted by Crippen LogP contribution is 2.38. The van der Waals surface area contributed by atoms with Gasteiger partial charge in [0.15, 0.2) is 12.1 Å². The minimum Gasteiger partial charge on any atom is -0.373 e. The molecule has 3 saturated heterocycles. The molecule has 4 aromatic rings. The second kappa shape index (κ2) is 9.82. The van der Waals surface area contributed by atoms with Crippen molar-refractivity contribution in [1.29, 1.82) is 0 Å². The zero-order chi connectivity index (χ0) is 25.3. The maximum Gasteiger partial charge on any atom is 0.282 e. The first kappa shape index (κ1) is 24.0. The average molecular weight is 501 g/mol. The first-order chi connectivity index (χ1) is 18.0. The van der Waals surface area contributed by atoms with Gasteiger partial charge in [0.1, 0.15) is 18.5 Å². The van der Waals surface area contributed by atoms with Gasteiger partial charge >= 0.3 is 0 Å². The smallest absolute Gasteiger partial charge is 0.282 e. The number of rotatable bonds is 8. The summed E-state index contributed by atoms with van der Waals surface area (Å²) in [6.45, 7) is 4.05. The fraction of sp³-hybridized carbons (Fsp3) is 0.333. The number of halogens is 1. The van der Waals surface area contributed by atoms with Gasteiger partial charge < -0.3 is 18.8 Å². The largest absolute Gasteiger partial charge is 0.373 e. The van der Waals surface area contributed by atoms with E-state index in [1.165, 1.54) is 12.1 Å². The molecule has 0 aliphatic carbocycles. The summed E-state index contributed by atoms with van der Waals surface area (Å²) in [6, 6.07) is 25.4. The van der Waals surface area contributed by atoms with Gasteiger partial charge in [-0.2, -0.15) is 4.98 Å². The van der Waals surface area contributed by atoms with Crippen LogP contribution < -0.4 is 0 Å². The standard InChI is InChI=1S/C30H31FN3O3/c31-26-13-11-22(12-14-26)21-36-27-19-34(17-15-23(27)16-18-34)20-28-32-29(33-37-28)30(35,24-7-3-1-4-8-24)25-9-5-2-6-10-25/h1-14,23,27,35H,15-21H2/q+1. The Labute approximate surface area is 215 Å². The van der Waals surface area contributed by atoms with Gasteiger partial charge in [-0.05, 0) is 28.8 Å². The topological polar surface area (TPSA) is 68.4 Å². The van der Waals surface area contributed by atoms with Gasteiger partial charge in [-0.15, -0.1) is 0 Å². The van der Waals surface area contributed by atoms with Gasteiger partial charge in [-0.1, -0.05) is 78.0 Å². The van der Waals surface area contributed by atoms with Crippen molar-refractivity contribution in [2.75, 3.05) is 19.6 Å². The average Bonchev–Trinajstić information content (AvgIpc) is 3.42. The number of ether oxygens (including phenoxy) is 1. The van der Waals surface area contributed by atoms with E-state index in [0.29, 0.717) is 36.1 Å². The van der Waals surface area contributed by atoms with E-state index in [0.717, 1.165) is 42.5 Å². The van der Waals surface area contributed by atoms with Gasteiger partial charge in [-0.25, -0.2) is 4.39 Å². The quantitative estimate of drug-likeness (QED) is 0.352. The van der Waals surface area contributed by atoms with E-state index in [-0.39, 0.29) is 17.7 Å². The molecule has 6 nitrogen and oxygen atoms in total. The molecule has 37 heavy (non-hydrogen) atoms. The molecule has 7 rings (SSSR count). The van der Waals surface area contributed by atoms with E-state index in [9.17, 15) is 9.50 Å². The van der Waals surface area contributed by atoms with Crippen LogP contribution >= 0.6 is 0 Å². The van der Waals surface area contributed by atoms with E-state index in [1.807, 2.05) is 60.7 Å². The van der Waals surface area contributed by atoms with Crippen LogP contribution in [0.1, 0.15) is 41.2 Å². The van der Waals surface area contributed by atoms with Crippen molar-refractivity contribution in [3.8, 4) is 0 Å². The number of benzene rings is 3. The fourth-order valence-corrected chi connectivity index (χ4v) is 5.95. The van der Waals surface area contributed by atoms with Crippen LogP contribution in [0.3, 0.4) is 0 Å². The number of hydrogen-bond acceptors (Lipinski definition) is 5. The molecule has 0 saturated carbocycles. The predicted molar refractivity (Wildman–Crippen MR) is 136 cm³/mol. The van der Waals surface area contributed by atoms with Crippen LogP contribution in [0.4, 0.5) is 4.39 Å². The van der Waals surface area contributed by atoms with Crippen LogP contribution in [0.2, 0.25) is 0 Å². The van der Waals surface area contributed by atoms with E-state index >= 15 is 0 Å². The van der Waals surface area contributed by atoms with Crippen molar-refractivity contribution in [3.05, 3.63) is 119 Å². The molecule has 3 aliphatic rings. The molecule has 0 amide bonds. The Bertz CT molecular complexity index is 1280. The van der Waals surface area contributed by atoms with Crippen LogP contribution in [0.5, 0.6) is 0 Å². The van der Waals surface area contributed by atoms with E-state index in [1.54, 1.807) is 12.1 Å². The molecule has 0 spiro atoms. The first-order valence-electron chi connectivity index (χ1n) is 12.9. The Kier molecular flexibility index (Phi) is 6.36. The summed E-state index contributed by atoms with van der Waals surface area (Å²) < 4.78 is 26.2. The predicted octanol–water partition coefficient (Wildman–Crippen LogP) is 4.82. The Hall–Kier alpha value is -3.39. The fourth-order valence-electron chi connectivity index (χ4n) is 5.95. The third kappa shape index (κ3) is 4.70. The summed E-state index contributed by atoms with van der Waals surface area (Å²) >= 11 is 0. The molecule has 1 N–H and O–H groups in total. The monoisotopic (exact) mass is 500 g/mol. The molecule has 2 bridgehead atoms. The third-order valence-electron chi connectivity index (χ3n) is 8.06. The molecule has 3 aliphatic heterocycles. The highest BCUT2D eigenvalue weighted by atomic mass is 19.1. The van der Waals surface area contributed by atoms with Crippen LogP contribution in [0.25, 0.3) is 0 Å². The van der Waals surface area contributed by atoms with Crippen molar-refractivity contribution in [3.63, 3.8) is 0 Å². The summed E-state index contributed by atoms with van der Waals surface area (Å²) in [6.07, 6.45) is 2.32. The van der Waals surface area contributed by atoms with Crippen molar-refractivity contribution in [2.45, 2.75) is 37.7 Å². The molecule has 3 aromatic carbocycles. The highest BCUT2D eigenvalue weighted by Gasteiger charge is 2.48. The Morgan fingerprint density at radius 2 is 1.54 bits per heavy atom. The summed E-state index contributed by atoms with van der Waals surface area (Å²) in [5.74, 6) is 1.08. The molecule has 1 aromatic heterocycles. The first-order valence-corrected chi connectivity index (χ1v) is 12.9. The minimum absolute atomic E-state index is 0.139. The van der Waals surface area contributed by atoms with Crippen LogP contribution in [-0.4, -0.2) is 45.5 Å². The van der Waals surface area contributed by atoms with Crippen molar-refractivity contribution < 1.29 is 23.2 Å². The van der Waals surface area contributed by atoms with Crippen molar-refractivity contribution in [2.24, 2.45) is 5.92 Å². The number of aromatic nitrogens is 2. The van der Waals surface area contributed by atoms with Crippen LogP contribution in [0.15, 0.2) is 89.5 Å². The Morgan fingerprint density at radius 1 is 0.919 bits per heavy atom. The normalized spacial score (nSPS) is 23.3. The highest BCUT2D eigenvalue weighted by molar-refractivity contribution is 5.42. The summed E-state index contributed by atoms with van der Waals surface area (Å²) in [5.41, 5.74) is 0.842. The van der Waals surface area contributed by atoms with Crippen LogP contribution in [0, 0.1) is 11.7 Å². The molecular formula is C30H31FN3O3+. The maximum absolute atomic E-state index is 13.3. The molecule has 1 atom stereocenters. The number of aliphatic hydroxyl groups is 1. The molecule has 7 heteroatoms. The van der Waals surface area contributed by atoms with E-state index < -0.39 is 5.60 Å².